The molecule has 0 radical (unpaired) electrons. The van der Waals surface area contributed by atoms with Gasteiger partial charge >= 0.3 is 6.09 Å². The van der Waals surface area contributed by atoms with Crippen LogP contribution in [0.25, 0.3) is 0 Å². The van der Waals surface area contributed by atoms with Crippen molar-refractivity contribution in [2.24, 2.45) is 0 Å². The van der Waals surface area contributed by atoms with Crippen LogP contribution in [0.4, 0.5) is 13.6 Å². The molecule has 0 fully saturated rings. The summed E-state index contributed by atoms with van der Waals surface area (Å²) in [5.41, 5.74) is -0.409. The van der Waals surface area contributed by atoms with E-state index in [0.717, 1.165) is 12.1 Å². The maximum absolute atomic E-state index is 13.5. The smallest absolute Gasteiger partial charge is 0.408 e. The van der Waals surface area contributed by atoms with E-state index in [-0.39, 0.29) is 5.56 Å². The fourth-order valence-corrected chi connectivity index (χ4v) is 1.41. The first-order valence-electron chi connectivity index (χ1n) is 5.63. The molecule has 100 valence electrons. The Kier molecular flexibility index (Phi) is 4.27. The van der Waals surface area contributed by atoms with Crippen LogP contribution in [0.5, 0.6) is 0 Å². The molecule has 1 N–H and O–H groups in total. The predicted molar refractivity (Wildman–Crippen MR) is 64.1 cm³/mol. The molecule has 5 heteroatoms. The lowest BCUT2D eigenvalue weighted by atomic mass is 10.1. The molecule has 0 aliphatic heterocycles. The zero-order chi connectivity index (χ0) is 13.9. The zero-order valence-electron chi connectivity index (χ0n) is 10.9. The Bertz CT molecular complexity index is 441. The van der Waals surface area contributed by atoms with Crippen molar-refractivity contribution in [3.63, 3.8) is 0 Å². The van der Waals surface area contributed by atoms with Crippen LogP contribution in [-0.2, 0) is 4.74 Å². The molecular formula is C13H17F2NO2. The van der Waals surface area contributed by atoms with E-state index in [1.165, 1.54) is 6.07 Å². The minimum Gasteiger partial charge on any atom is -0.444 e. The summed E-state index contributed by atoms with van der Waals surface area (Å²) in [6.45, 7) is 6.79. The lowest BCUT2D eigenvalue weighted by molar-refractivity contribution is 0.0507. The summed E-state index contributed by atoms with van der Waals surface area (Å²) in [6, 6.07) is 2.63. The van der Waals surface area contributed by atoms with Gasteiger partial charge in [0.25, 0.3) is 0 Å². The van der Waals surface area contributed by atoms with Gasteiger partial charge in [-0.05, 0) is 33.8 Å². The van der Waals surface area contributed by atoms with Crippen molar-refractivity contribution < 1.29 is 18.3 Å². The second kappa shape index (κ2) is 5.33. The average Bonchev–Trinajstić information content (AvgIpc) is 2.13. The normalized spacial score (nSPS) is 13.0. The molecule has 1 atom stereocenters. The molecule has 1 rings (SSSR count). The van der Waals surface area contributed by atoms with Gasteiger partial charge in [0.2, 0.25) is 0 Å². The topological polar surface area (TPSA) is 38.3 Å². The Balaban J connectivity index is 2.71. The van der Waals surface area contributed by atoms with Gasteiger partial charge in [0.15, 0.2) is 0 Å². The lowest BCUT2D eigenvalue weighted by Gasteiger charge is -2.22. The van der Waals surface area contributed by atoms with Gasteiger partial charge in [0.1, 0.15) is 17.2 Å². The summed E-state index contributed by atoms with van der Waals surface area (Å²) in [5, 5.41) is 2.49. The van der Waals surface area contributed by atoms with Crippen LogP contribution in [0, 0.1) is 11.6 Å². The Morgan fingerprint density at radius 1 is 1.33 bits per heavy atom. The molecule has 0 aliphatic rings. The summed E-state index contributed by atoms with van der Waals surface area (Å²) in [4.78, 5) is 11.5. The summed E-state index contributed by atoms with van der Waals surface area (Å²) in [6.07, 6.45) is -0.640. The molecule has 18 heavy (non-hydrogen) atoms. The van der Waals surface area contributed by atoms with Crippen molar-refractivity contribution in [3.8, 4) is 0 Å². The maximum atomic E-state index is 13.5. The number of benzene rings is 1. The molecule has 1 aromatic carbocycles. The lowest BCUT2D eigenvalue weighted by Crippen LogP contribution is -2.34. The highest BCUT2D eigenvalue weighted by atomic mass is 19.1. The van der Waals surface area contributed by atoms with Crippen LogP contribution < -0.4 is 5.32 Å². The minimum absolute atomic E-state index is 0.210. The van der Waals surface area contributed by atoms with Crippen molar-refractivity contribution in [3.05, 3.63) is 35.4 Å². The molecular weight excluding hydrogens is 240 g/mol. The van der Waals surface area contributed by atoms with Gasteiger partial charge in [-0.1, -0.05) is 6.07 Å². The van der Waals surface area contributed by atoms with Crippen molar-refractivity contribution in [2.45, 2.75) is 39.3 Å². The van der Waals surface area contributed by atoms with Gasteiger partial charge in [-0.25, -0.2) is 13.6 Å². The zero-order valence-corrected chi connectivity index (χ0v) is 10.9. The van der Waals surface area contributed by atoms with Crippen LogP contribution in [0.2, 0.25) is 0 Å². The van der Waals surface area contributed by atoms with Gasteiger partial charge in [0, 0.05) is 11.6 Å². The first kappa shape index (κ1) is 14.4. The standard InChI is InChI=1S/C13H17F2NO2/c1-8(16-12(17)18-13(2,3)4)10-6-5-9(14)7-11(10)15/h5-8H,1-4H3,(H,16,17)/t8-/m1/s1. The molecule has 0 saturated carbocycles. The number of hydrogen-bond donors (Lipinski definition) is 1. The number of nitrogens with one attached hydrogen (secondary N) is 1. The number of halogens is 2. The third kappa shape index (κ3) is 4.31. The average molecular weight is 257 g/mol. The van der Waals surface area contributed by atoms with Gasteiger partial charge in [-0.2, -0.15) is 0 Å². The SMILES string of the molecule is C[C@@H](NC(=O)OC(C)(C)C)c1ccc(F)cc1F. The van der Waals surface area contributed by atoms with Gasteiger partial charge in [0.05, 0.1) is 6.04 Å². The van der Waals surface area contributed by atoms with Crippen molar-refractivity contribution in [2.75, 3.05) is 0 Å². The van der Waals surface area contributed by atoms with Gasteiger partial charge in [-0.15, -0.1) is 0 Å². The number of carbonyl (C=O) groups is 1. The van der Waals surface area contributed by atoms with E-state index in [9.17, 15) is 13.6 Å². The first-order valence-corrected chi connectivity index (χ1v) is 5.63. The van der Waals surface area contributed by atoms with E-state index < -0.39 is 29.4 Å². The second-order valence-corrected chi connectivity index (χ2v) is 5.03. The third-order valence-electron chi connectivity index (χ3n) is 2.16. The van der Waals surface area contributed by atoms with E-state index in [1.807, 2.05) is 0 Å². The first-order chi connectivity index (χ1) is 8.19. The number of alkyl carbamates (subject to hydrolysis) is 1. The predicted octanol–water partition coefficient (Wildman–Crippen LogP) is 3.55. The highest BCUT2D eigenvalue weighted by Gasteiger charge is 2.19. The summed E-state index contributed by atoms with van der Waals surface area (Å²) >= 11 is 0. The second-order valence-electron chi connectivity index (χ2n) is 5.03. The fraction of sp³-hybridized carbons (Fsp3) is 0.462. The molecule has 0 heterocycles. The molecule has 1 amide bonds. The molecule has 0 aliphatic carbocycles. The highest BCUT2D eigenvalue weighted by molar-refractivity contribution is 5.68. The molecule has 0 saturated heterocycles. The number of hydrogen-bond acceptors (Lipinski definition) is 2. The van der Waals surface area contributed by atoms with Crippen molar-refractivity contribution >= 4 is 6.09 Å². The monoisotopic (exact) mass is 257 g/mol. The Labute approximate surface area is 105 Å². The highest BCUT2D eigenvalue weighted by Crippen LogP contribution is 2.18. The third-order valence-corrected chi connectivity index (χ3v) is 2.16. The summed E-state index contributed by atoms with van der Waals surface area (Å²) < 4.78 is 31.2. The molecule has 0 unspecified atom stereocenters. The number of ether oxygens (including phenoxy) is 1. The van der Waals surface area contributed by atoms with Crippen LogP contribution in [0.1, 0.15) is 39.3 Å². The van der Waals surface area contributed by atoms with Gasteiger partial charge in [-0.3, -0.25) is 0 Å². The fourth-order valence-electron chi connectivity index (χ4n) is 1.41. The van der Waals surface area contributed by atoms with E-state index in [4.69, 9.17) is 4.74 Å². The van der Waals surface area contributed by atoms with E-state index in [0.29, 0.717) is 0 Å². The minimum atomic E-state index is -0.696. The largest absolute Gasteiger partial charge is 0.444 e. The van der Waals surface area contributed by atoms with Crippen LogP contribution >= 0.6 is 0 Å². The van der Waals surface area contributed by atoms with E-state index in [1.54, 1.807) is 27.7 Å². The number of carbonyl (C=O) groups excluding carboxylic acids is 1. The molecule has 0 aromatic heterocycles. The Morgan fingerprint density at radius 3 is 2.44 bits per heavy atom. The van der Waals surface area contributed by atoms with Crippen LogP contribution in [-0.4, -0.2) is 11.7 Å². The van der Waals surface area contributed by atoms with Gasteiger partial charge < -0.3 is 10.1 Å². The molecule has 0 spiro atoms. The summed E-state index contributed by atoms with van der Waals surface area (Å²) in [7, 11) is 0. The summed E-state index contributed by atoms with van der Waals surface area (Å²) in [5.74, 6) is -1.35. The van der Waals surface area contributed by atoms with Crippen molar-refractivity contribution in [1.82, 2.24) is 5.32 Å². The Morgan fingerprint density at radius 2 is 1.94 bits per heavy atom. The molecule has 0 bridgehead atoms. The quantitative estimate of drug-likeness (QED) is 0.879. The Hall–Kier alpha value is -1.65. The van der Waals surface area contributed by atoms with Crippen LogP contribution in [0.3, 0.4) is 0 Å². The van der Waals surface area contributed by atoms with E-state index >= 15 is 0 Å². The van der Waals surface area contributed by atoms with Crippen LogP contribution in [0.15, 0.2) is 18.2 Å². The number of amides is 1. The molecule has 1 aromatic rings. The van der Waals surface area contributed by atoms with Crippen molar-refractivity contribution in [1.29, 1.82) is 0 Å². The molecule has 3 nitrogen and oxygen atoms in total. The maximum Gasteiger partial charge on any atom is 0.408 e. The van der Waals surface area contributed by atoms with E-state index in [2.05, 4.69) is 5.32 Å². The number of rotatable bonds is 2.